The summed E-state index contributed by atoms with van der Waals surface area (Å²) in [7, 11) is 0. The molecular weight excluding hydrogens is 652 g/mol. The first-order chi connectivity index (χ1) is 22.9. The van der Waals surface area contributed by atoms with Crippen molar-refractivity contribution in [2.45, 2.75) is 121 Å². The number of nitrogens with zero attached hydrogens (tertiary/aromatic N) is 3. The van der Waals surface area contributed by atoms with Crippen LogP contribution in [0.4, 0.5) is 0 Å². The van der Waals surface area contributed by atoms with Crippen molar-refractivity contribution in [2.75, 3.05) is 32.9 Å². The molecule has 284 valence electrons. The van der Waals surface area contributed by atoms with Gasteiger partial charge in [-0.05, 0) is 24.7 Å². The Morgan fingerprint density at radius 2 is 1.39 bits per heavy atom. The van der Waals surface area contributed by atoms with E-state index in [9.17, 15) is 55.2 Å². The first-order valence-corrected chi connectivity index (χ1v) is 16.3. The van der Waals surface area contributed by atoms with Crippen LogP contribution in [0, 0.1) is 5.41 Å². The van der Waals surface area contributed by atoms with Crippen LogP contribution in [0.3, 0.4) is 0 Å². The van der Waals surface area contributed by atoms with Gasteiger partial charge in [0.15, 0.2) is 0 Å². The molecule has 3 amide bonds. The fourth-order valence-electron chi connectivity index (χ4n) is 4.44. The van der Waals surface area contributed by atoms with Crippen LogP contribution in [0.2, 0.25) is 0 Å². The molecule has 0 aliphatic carbocycles. The standard InChI is InChI=1S/C30H56N6O13/c1-5-19(38)25(44)26(45)20(39)13-31-23(42)7-6-18(29(48)32-14-21(40)27(46)28(47)22(41)16-37)33-24(43)8-10-49-11-9-36-15-17(34-35-36)12-30(2,3)4/h15,18-22,25-28,37-41,44-47H,5-14,16H2,1-4H3,(H,31,42)(H,32,48)(H,33,43)/t18?,19-,20+,21+,22-,25-,26-,27-,28-/m1/s1. The highest BCUT2D eigenvalue weighted by Crippen LogP contribution is 2.18. The number of carbonyl (C=O) groups is 3. The van der Waals surface area contributed by atoms with Gasteiger partial charge in [0.1, 0.15) is 36.6 Å². The lowest BCUT2D eigenvalue weighted by Crippen LogP contribution is -2.53. The fraction of sp³-hybridized carbons (Fsp3) is 0.833. The lowest BCUT2D eigenvalue weighted by molar-refractivity contribution is -0.132. The van der Waals surface area contributed by atoms with E-state index in [0.717, 1.165) is 12.1 Å². The van der Waals surface area contributed by atoms with Gasteiger partial charge in [0.05, 0.1) is 50.4 Å². The topological polar surface area (TPSA) is 309 Å². The third-order valence-corrected chi connectivity index (χ3v) is 7.42. The van der Waals surface area contributed by atoms with E-state index in [1.165, 1.54) is 0 Å². The zero-order valence-electron chi connectivity index (χ0n) is 28.6. The van der Waals surface area contributed by atoms with Crippen LogP contribution in [-0.4, -0.2) is 166 Å². The van der Waals surface area contributed by atoms with E-state index < -0.39 is 92.3 Å². The van der Waals surface area contributed by atoms with Gasteiger partial charge in [-0.1, -0.05) is 32.9 Å². The van der Waals surface area contributed by atoms with Crippen molar-refractivity contribution in [3.8, 4) is 0 Å². The molecule has 0 spiro atoms. The van der Waals surface area contributed by atoms with Gasteiger partial charge in [-0.3, -0.25) is 14.4 Å². The molecule has 0 aliphatic heterocycles. The molecule has 0 aromatic carbocycles. The SMILES string of the molecule is CC[C@@H](O)[C@@H](O)[C@H](O)[C@@H](O)CNC(=O)CCC(NC(=O)CCOCCn1cc(CC(C)(C)C)nn1)C(=O)NC[C@H](O)[C@@H](O)[C@H](O)[C@H](O)CO. The van der Waals surface area contributed by atoms with E-state index in [1.807, 2.05) is 6.20 Å². The molecule has 0 fully saturated rings. The molecule has 0 radical (unpaired) electrons. The van der Waals surface area contributed by atoms with E-state index in [4.69, 9.17) is 9.84 Å². The van der Waals surface area contributed by atoms with Crippen LogP contribution < -0.4 is 16.0 Å². The number of aromatic nitrogens is 3. The molecule has 19 nitrogen and oxygen atoms in total. The summed E-state index contributed by atoms with van der Waals surface area (Å²) >= 11 is 0. The van der Waals surface area contributed by atoms with Crippen molar-refractivity contribution in [2.24, 2.45) is 5.41 Å². The molecule has 0 saturated carbocycles. The molecule has 0 bridgehead atoms. The van der Waals surface area contributed by atoms with Crippen molar-refractivity contribution < 1.29 is 65.1 Å². The minimum atomic E-state index is -1.94. The van der Waals surface area contributed by atoms with Crippen LogP contribution >= 0.6 is 0 Å². The molecule has 0 aliphatic rings. The van der Waals surface area contributed by atoms with E-state index in [2.05, 4.69) is 47.0 Å². The largest absolute Gasteiger partial charge is 0.394 e. The third-order valence-electron chi connectivity index (χ3n) is 7.42. The van der Waals surface area contributed by atoms with E-state index in [-0.39, 0.29) is 44.3 Å². The second-order valence-corrected chi connectivity index (χ2v) is 13.1. The van der Waals surface area contributed by atoms with E-state index >= 15 is 0 Å². The number of hydrogen-bond donors (Lipinski definition) is 12. The number of hydrogen-bond acceptors (Lipinski definition) is 15. The number of amides is 3. The number of aliphatic hydroxyl groups is 9. The number of nitrogens with one attached hydrogen (secondary N) is 3. The van der Waals surface area contributed by atoms with Crippen molar-refractivity contribution in [1.82, 2.24) is 30.9 Å². The molecular formula is C30H56N6O13. The summed E-state index contributed by atoms with van der Waals surface area (Å²) in [6.45, 7) is 6.40. The Bertz CT molecular complexity index is 1120. The van der Waals surface area contributed by atoms with Gasteiger partial charge in [0.2, 0.25) is 17.7 Å². The molecule has 19 heteroatoms. The van der Waals surface area contributed by atoms with Crippen LogP contribution in [-0.2, 0) is 32.1 Å². The van der Waals surface area contributed by atoms with Crippen molar-refractivity contribution >= 4 is 17.7 Å². The normalized spacial score (nSPS) is 17.6. The van der Waals surface area contributed by atoms with Crippen LogP contribution in [0.15, 0.2) is 6.20 Å². The lowest BCUT2D eigenvalue weighted by Gasteiger charge is -2.26. The first kappa shape index (κ1) is 44.2. The number of ether oxygens (including phenoxy) is 1. The Balaban J connectivity index is 2.71. The second kappa shape index (κ2) is 22.1. The molecule has 1 rings (SSSR count). The summed E-state index contributed by atoms with van der Waals surface area (Å²) in [6.07, 6.45) is -11.8. The Labute approximate surface area is 285 Å². The minimum Gasteiger partial charge on any atom is -0.394 e. The van der Waals surface area contributed by atoms with Gasteiger partial charge in [-0.15, -0.1) is 5.10 Å². The highest BCUT2D eigenvalue weighted by atomic mass is 16.5. The lowest BCUT2D eigenvalue weighted by atomic mass is 9.91. The Hall–Kier alpha value is -2.85. The van der Waals surface area contributed by atoms with Crippen molar-refractivity contribution in [1.29, 1.82) is 0 Å². The maximum atomic E-state index is 12.9. The monoisotopic (exact) mass is 708 g/mol. The van der Waals surface area contributed by atoms with Crippen molar-refractivity contribution in [3.05, 3.63) is 11.9 Å². The average molecular weight is 709 g/mol. The number of carbonyl (C=O) groups excluding carboxylic acids is 3. The maximum Gasteiger partial charge on any atom is 0.242 e. The molecule has 12 N–H and O–H groups in total. The van der Waals surface area contributed by atoms with E-state index in [1.54, 1.807) is 11.6 Å². The molecule has 1 aromatic heterocycles. The van der Waals surface area contributed by atoms with Crippen LogP contribution in [0.5, 0.6) is 0 Å². The highest BCUT2D eigenvalue weighted by molar-refractivity contribution is 5.88. The van der Waals surface area contributed by atoms with Crippen LogP contribution in [0.25, 0.3) is 0 Å². The van der Waals surface area contributed by atoms with Gasteiger partial charge in [0, 0.05) is 32.1 Å². The maximum absolute atomic E-state index is 12.9. The average Bonchev–Trinajstić information content (AvgIpc) is 3.50. The van der Waals surface area contributed by atoms with Crippen LogP contribution in [0.1, 0.15) is 59.1 Å². The molecule has 1 heterocycles. The third kappa shape index (κ3) is 17.1. The summed E-state index contributed by atoms with van der Waals surface area (Å²) in [6, 6.07) is -1.33. The molecule has 0 saturated heterocycles. The zero-order valence-corrected chi connectivity index (χ0v) is 28.6. The summed E-state index contributed by atoms with van der Waals surface area (Å²) in [5, 5.41) is 103. The summed E-state index contributed by atoms with van der Waals surface area (Å²) in [5.74, 6) is -2.17. The van der Waals surface area contributed by atoms with Gasteiger partial charge >= 0.3 is 0 Å². The fourth-order valence-corrected chi connectivity index (χ4v) is 4.44. The molecule has 1 unspecified atom stereocenters. The second-order valence-electron chi connectivity index (χ2n) is 13.1. The van der Waals surface area contributed by atoms with Gasteiger partial charge in [-0.25, -0.2) is 4.68 Å². The summed E-state index contributed by atoms with van der Waals surface area (Å²) in [4.78, 5) is 38.1. The number of rotatable bonds is 24. The summed E-state index contributed by atoms with van der Waals surface area (Å²) < 4.78 is 7.14. The molecule has 9 atom stereocenters. The van der Waals surface area contributed by atoms with Gasteiger partial charge < -0.3 is 66.6 Å². The molecule has 49 heavy (non-hydrogen) atoms. The predicted molar refractivity (Wildman–Crippen MR) is 171 cm³/mol. The predicted octanol–water partition coefficient (Wildman–Crippen LogP) is -4.94. The Morgan fingerprint density at radius 3 is 1.96 bits per heavy atom. The van der Waals surface area contributed by atoms with E-state index in [0.29, 0.717) is 6.54 Å². The number of aliphatic hydroxyl groups excluding tert-OH is 9. The van der Waals surface area contributed by atoms with Crippen molar-refractivity contribution in [3.63, 3.8) is 0 Å². The Kier molecular flexibility index (Phi) is 19.9. The highest BCUT2D eigenvalue weighted by Gasteiger charge is 2.32. The molecule has 1 aromatic rings. The Morgan fingerprint density at radius 1 is 0.816 bits per heavy atom. The van der Waals surface area contributed by atoms with Gasteiger partial charge in [-0.2, -0.15) is 0 Å². The first-order valence-electron chi connectivity index (χ1n) is 16.3. The smallest absolute Gasteiger partial charge is 0.242 e. The zero-order chi connectivity index (χ0) is 37.3. The minimum absolute atomic E-state index is 0.0149. The summed E-state index contributed by atoms with van der Waals surface area (Å²) in [5.41, 5.74) is 0.886. The quantitative estimate of drug-likeness (QED) is 0.0448. The van der Waals surface area contributed by atoms with Gasteiger partial charge in [0.25, 0.3) is 0 Å².